The first-order valence-corrected chi connectivity index (χ1v) is 11.2. The molecule has 0 radical (unpaired) electrons. The van der Waals surface area contributed by atoms with E-state index in [2.05, 4.69) is 26.2 Å². The summed E-state index contributed by atoms with van der Waals surface area (Å²) in [6.07, 6.45) is 4.48. The number of carbonyl (C=O) groups excluding carboxylic acids is 1. The molecule has 0 aliphatic carbocycles. The van der Waals surface area contributed by atoms with Crippen molar-refractivity contribution in [3.63, 3.8) is 0 Å². The van der Waals surface area contributed by atoms with E-state index in [1.165, 1.54) is 6.42 Å². The molecule has 6 nitrogen and oxygen atoms in total. The minimum absolute atomic E-state index is 0.220. The fourth-order valence-electron chi connectivity index (χ4n) is 4.33. The van der Waals surface area contributed by atoms with Crippen LogP contribution in [-0.2, 0) is 13.0 Å². The van der Waals surface area contributed by atoms with Crippen LogP contribution in [0.1, 0.15) is 41.0 Å². The molecular weight excluding hydrogens is 410 g/mol. The largest absolute Gasteiger partial charge is 0.322 e. The fraction of sp³-hybridized carbons (Fsp3) is 0.185. The first kappa shape index (κ1) is 20.7. The molecule has 33 heavy (non-hydrogen) atoms. The van der Waals surface area contributed by atoms with Crippen molar-refractivity contribution in [1.82, 2.24) is 14.8 Å². The standard InChI is InChI=1S/C27H23N5O/c28-18-20-8-3-4-9-22(20)23-10-5-6-11-24(23)27(33)29-21-15-13-19(14-16-21)26-31-30-25-12-2-1-7-17-32(25)26/h3-6,8-11,13-16H,1-2,7,12,17H2,(H,29,33). The highest BCUT2D eigenvalue weighted by atomic mass is 16.1. The van der Waals surface area contributed by atoms with E-state index in [1.54, 1.807) is 12.1 Å². The number of nitrogens with zero attached hydrogens (tertiary/aromatic N) is 4. The van der Waals surface area contributed by atoms with E-state index in [-0.39, 0.29) is 5.91 Å². The molecule has 0 fully saturated rings. The molecular formula is C27H23N5O. The number of amides is 1. The van der Waals surface area contributed by atoms with Crippen LogP contribution < -0.4 is 5.32 Å². The first-order chi connectivity index (χ1) is 16.2. The Balaban J connectivity index is 1.39. The summed E-state index contributed by atoms with van der Waals surface area (Å²) < 4.78 is 2.21. The van der Waals surface area contributed by atoms with Gasteiger partial charge in [-0.25, -0.2) is 0 Å². The van der Waals surface area contributed by atoms with Gasteiger partial charge in [0.05, 0.1) is 11.6 Å². The number of benzene rings is 3. The SMILES string of the molecule is N#Cc1ccccc1-c1ccccc1C(=O)Nc1ccc(-c2nnc3n2CCCCC3)cc1. The molecule has 0 unspecified atom stereocenters. The number of rotatable bonds is 4. The Labute approximate surface area is 192 Å². The van der Waals surface area contributed by atoms with Crippen LogP contribution in [0.3, 0.4) is 0 Å². The van der Waals surface area contributed by atoms with Crippen LogP contribution in [-0.4, -0.2) is 20.7 Å². The molecule has 162 valence electrons. The zero-order valence-corrected chi connectivity index (χ0v) is 18.2. The van der Waals surface area contributed by atoms with Gasteiger partial charge in [-0.2, -0.15) is 5.26 Å². The zero-order chi connectivity index (χ0) is 22.6. The average molecular weight is 434 g/mol. The van der Waals surface area contributed by atoms with Gasteiger partial charge in [0, 0.05) is 35.3 Å². The summed E-state index contributed by atoms with van der Waals surface area (Å²) in [5.74, 6) is 1.71. The molecule has 0 spiro atoms. The van der Waals surface area contributed by atoms with Crippen molar-refractivity contribution in [2.24, 2.45) is 0 Å². The highest BCUT2D eigenvalue weighted by Crippen LogP contribution is 2.28. The lowest BCUT2D eigenvalue weighted by Gasteiger charge is -2.12. The maximum absolute atomic E-state index is 13.1. The molecule has 4 aromatic rings. The van der Waals surface area contributed by atoms with Gasteiger partial charge in [-0.1, -0.05) is 42.8 Å². The summed E-state index contributed by atoms with van der Waals surface area (Å²) in [7, 11) is 0. The van der Waals surface area contributed by atoms with Crippen LogP contribution >= 0.6 is 0 Å². The third-order valence-electron chi connectivity index (χ3n) is 6.02. The van der Waals surface area contributed by atoms with Crippen LogP contribution in [0.25, 0.3) is 22.5 Å². The third-order valence-corrected chi connectivity index (χ3v) is 6.02. The Kier molecular flexibility index (Phi) is 5.69. The van der Waals surface area contributed by atoms with Crippen LogP contribution in [0, 0.1) is 11.3 Å². The summed E-state index contributed by atoms with van der Waals surface area (Å²) >= 11 is 0. The van der Waals surface area contributed by atoms with Gasteiger partial charge in [0.25, 0.3) is 5.91 Å². The van der Waals surface area contributed by atoms with Gasteiger partial charge in [0.15, 0.2) is 5.82 Å². The van der Waals surface area contributed by atoms with Crippen LogP contribution in [0.15, 0.2) is 72.8 Å². The molecule has 2 heterocycles. The van der Waals surface area contributed by atoms with Gasteiger partial charge in [0.1, 0.15) is 5.82 Å². The maximum atomic E-state index is 13.1. The first-order valence-electron chi connectivity index (χ1n) is 11.2. The molecule has 0 saturated carbocycles. The summed E-state index contributed by atoms with van der Waals surface area (Å²) in [5, 5.41) is 21.2. The summed E-state index contributed by atoms with van der Waals surface area (Å²) in [4.78, 5) is 13.1. The predicted molar refractivity (Wildman–Crippen MR) is 128 cm³/mol. The Morgan fingerprint density at radius 3 is 2.45 bits per heavy atom. The van der Waals surface area contributed by atoms with Crippen molar-refractivity contribution in [3.05, 3.63) is 89.7 Å². The summed E-state index contributed by atoms with van der Waals surface area (Å²) in [6.45, 7) is 0.942. The van der Waals surface area contributed by atoms with Gasteiger partial charge in [-0.3, -0.25) is 4.79 Å². The topological polar surface area (TPSA) is 83.6 Å². The predicted octanol–water partition coefficient (Wildman–Crippen LogP) is 5.46. The maximum Gasteiger partial charge on any atom is 0.256 e. The van der Waals surface area contributed by atoms with Gasteiger partial charge >= 0.3 is 0 Å². The zero-order valence-electron chi connectivity index (χ0n) is 18.2. The number of hydrogen-bond acceptors (Lipinski definition) is 4. The van der Waals surface area contributed by atoms with E-state index in [4.69, 9.17) is 0 Å². The van der Waals surface area contributed by atoms with Crippen molar-refractivity contribution in [2.75, 3.05) is 5.32 Å². The number of aryl methyl sites for hydroxylation is 1. The molecule has 5 rings (SSSR count). The molecule has 6 heteroatoms. The number of aromatic nitrogens is 3. The molecule has 1 aliphatic heterocycles. The van der Waals surface area contributed by atoms with Gasteiger partial charge < -0.3 is 9.88 Å². The highest BCUT2D eigenvalue weighted by molar-refractivity contribution is 6.09. The Hall–Kier alpha value is -4.24. The number of anilines is 1. The summed E-state index contributed by atoms with van der Waals surface area (Å²) in [6, 6.07) is 24.6. The van der Waals surface area contributed by atoms with E-state index < -0.39 is 0 Å². The molecule has 0 bridgehead atoms. The quantitative estimate of drug-likeness (QED) is 0.463. The second kappa shape index (κ2) is 9.09. The fourth-order valence-corrected chi connectivity index (χ4v) is 4.33. The number of hydrogen-bond donors (Lipinski definition) is 1. The van der Waals surface area contributed by atoms with Crippen LogP contribution in [0.2, 0.25) is 0 Å². The molecule has 0 atom stereocenters. The lowest BCUT2D eigenvalue weighted by atomic mass is 9.95. The highest BCUT2D eigenvalue weighted by Gasteiger charge is 2.17. The molecule has 3 aromatic carbocycles. The lowest BCUT2D eigenvalue weighted by molar-refractivity contribution is 0.102. The van der Waals surface area contributed by atoms with Crippen LogP contribution in [0.4, 0.5) is 5.69 Å². The van der Waals surface area contributed by atoms with E-state index in [0.29, 0.717) is 16.8 Å². The van der Waals surface area contributed by atoms with Crippen molar-refractivity contribution in [1.29, 1.82) is 5.26 Å². The molecule has 1 aliphatic rings. The van der Waals surface area contributed by atoms with Crippen molar-refractivity contribution in [2.45, 2.75) is 32.2 Å². The second-order valence-corrected chi connectivity index (χ2v) is 8.14. The number of nitrogens with one attached hydrogen (secondary N) is 1. The monoisotopic (exact) mass is 433 g/mol. The van der Waals surface area contributed by atoms with Crippen molar-refractivity contribution < 1.29 is 4.79 Å². The van der Waals surface area contributed by atoms with Gasteiger partial charge in [-0.15, -0.1) is 10.2 Å². The number of carbonyl (C=O) groups is 1. The molecule has 1 aromatic heterocycles. The van der Waals surface area contributed by atoms with Crippen LogP contribution in [0.5, 0.6) is 0 Å². The second-order valence-electron chi connectivity index (χ2n) is 8.14. The molecule has 1 N–H and O–H groups in total. The molecule has 1 amide bonds. The Morgan fingerprint density at radius 2 is 1.64 bits per heavy atom. The van der Waals surface area contributed by atoms with Crippen molar-refractivity contribution in [3.8, 4) is 28.6 Å². The van der Waals surface area contributed by atoms with E-state index in [1.807, 2.05) is 60.7 Å². The molecule has 0 saturated heterocycles. The smallest absolute Gasteiger partial charge is 0.256 e. The summed E-state index contributed by atoms with van der Waals surface area (Å²) in [5.41, 5.74) is 4.21. The third kappa shape index (κ3) is 4.13. The average Bonchev–Trinajstić information content (AvgIpc) is 3.12. The number of nitriles is 1. The minimum atomic E-state index is -0.220. The minimum Gasteiger partial charge on any atom is -0.322 e. The van der Waals surface area contributed by atoms with E-state index >= 15 is 0 Å². The lowest BCUT2D eigenvalue weighted by Crippen LogP contribution is -2.13. The Bertz CT molecular complexity index is 1350. The van der Waals surface area contributed by atoms with E-state index in [0.717, 1.165) is 54.1 Å². The van der Waals surface area contributed by atoms with Crippen molar-refractivity contribution >= 4 is 11.6 Å². The van der Waals surface area contributed by atoms with Gasteiger partial charge in [0.2, 0.25) is 0 Å². The Morgan fingerprint density at radius 1 is 0.879 bits per heavy atom. The normalized spacial score (nSPS) is 12.9. The van der Waals surface area contributed by atoms with E-state index in [9.17, 15) is 10.1 Å². The number of fused-ring (bicyclic) bond motifs is 1. The van der Waals surface area contributed by atoms with Gasteiger partial charge in [-0.05, 0) is 54.8 Å².